The smallest absolute Gasteiger partial charge is 0.251 e. The fraction of sp³-hybridized carbons (Fsp3) is 0.294. The van der Waals surface area contributed by atoms with E-state index in [0.29, 0.717) is 16.6 Å². The minimum Gasteiger partial charge on any atom is -0.366 e. The molecule has 0 bridgehead atoms. The molecule has 4 rings (SSSR count). The van der Waals surface area contributed by atoms with Crippen molar-refractivity contribution in [2.24, 2.45) is 5.73 Å². The third-order valence-corrected chi connectivity index (χ3v) is 6.89. The van der Waals surface area contributed by atoms with Crippen molar-refractivity contribution in [2.45, 2.75) is 36.2 Å². The standard InChI is InChI=1S/C17H17N5O2S3/c1-9(15(24)19-16-11(13(18)23)6-8-26-16)27-17-21-20-14(12-3-2-7-25-12)22(17)10-4-5-10/h2-3,6-10H,4-5H2,1H3,(H2,18,23)(H,19,24)/t9-/m1/s1. The summed E-state index contributed by atoms with van der Waals surface area (Å²) in [5, 5.41) is 16.0. The number of thioether (sulfide) groups is 1. The van der Waals surface area contributed by atoms with E-state index in [-0.39, 0.29) is 5.91 Å². The number of anilines is 1. The van der Waals surface area contributed by atoms with Crippen molar-refractivity contribution in [3.05, 3.63) is 34.5 Å². The highest BCUT2D eigenvalue weighted by Crippen LogP contribution is 2.42. The van der Waals surface area contributed by atoms with Crippen LogP contribution in [-0.2, 0) is 4.79 Å². The lowest BCUT2D eigenvalue weighted by Crippen LogP contribution is -2.24. The van der Waals surface area contributed by atoms with Crippen LogP contribution in [0.2, 0.25) is 0 Å². The number of hydrogen-bond acceptors (Lipinski definition) is 7. The van der Waals surface area contributed by atoms with E-state index in [4.69, 9.17) is 5.73 Å². The third-order valence-electron chi connectivity index (χ3n) is 4.14. The summed E-state index contributed by atoms with van der Waals surface area (Å²) in [5.74, 6) is 0.103. The molecule has 2 amide bonds. The normalized spacial score (nSPS) is 14.9. The van der Waals surface area contributed by atoms with E-state index in [2.05, 4.69) is 20.1 Å². The van der Waals surface area contributed by atoms with Crippen molar-refractivity contribution in [1.29, 1.82) is 0 Å². The Bertz CT molecular complexity index is 975. The quantitative estimate of drug-likeness (QED) is 0.569. The predicted molar refractivity (Wildman–Crippen MR) is 108 cm³/mol. The van der Waals surface area contributed by atoms with Crippen molar-refractivity contribution in [1.82, 2.24) is 14.8 Å². The summed E-state index contributed by atoms with van der Waals surface area (Å²) in [6, 6.07) is 6.03. The van der Waals surface area contributed by atoms with Gasteiger partial charge in [-0.3, -0.25) is 14.2 Å². The van der Waals surface area contributed by atoms with Crippen molar-refractivity contribution >= 4 is 51.3 Å². The Labute approximate surface area is 168 Å². The van der Waals surface area contributed by atoms with E-state index in [1.807, 2.05) is 24.4 Å². The molecule has 0 radical (unpaired) electrons. The molecule has 140 valence electrons. The zero-order valence-corrected chi connectivity index (χ0v) is 16.9. The molecule has 27 heavy (non-hydrogen) atoms. The average molecular weight is 420 g/mol. The Morgan fingerprint density at radius 2 is 2.11 bits per heavy atom. The molecule has 3 aromatic rings. The average Bonchev–Trinajstić information content (AvgIpc) is 3.06. The highest BCUT2D eigenvalue weighted by atomic mass is 32.2. The number of amides is 2. The number of aromatic nitrogens is 3. The van der Waals surface area contributed by atoms with Gasteiger partial charge < -0.3 is 11.1 Å². The molecule has 10 heteroatoms. The van der Waals surface area contributed by atoms with Gasteiger partial charge in [-0.15, -0.1) is 32.9 Å². The summed E-state index contributed by atoms with van der Waals surface area (Å²) in [7, 11) is 0. The largest absolute Gasteiger partial charge is 0.366 e. The van der Waals surface area contributed by atoms with Crippen LogP contribution < -0.4 is 11.1 Å². The number of hydrogen-bond donors (Lipinski definition) is 2. The molecule has 0 saturated heterocycles. The molecular weight excluding hydrogens is 402 g/mol. The highest BCUT2D eigenvalue weighted by Gasteiger charge is 2.32. The van der Waals surface area contributed by atoms with E-state index in [0.717, 1.165) is 28.7 Å². The molecule has 1 atom stereocenters. The Hall–Kier alpha value is -2.17. The SMILES string of the molecule is C[C@@H](Sc1nnc(-c2cccs2)n1C1CC1)C(=O)Nc1sccc1C(N)=O. The van der Waals surface area contributed by atoms with Gasteiger partial charge in [-0.1, -0.05) is 17.8 Å². The molecule has 3 N–H and O–H groups in total. The minimum atomic E-state index is -0.555. The van der Waals surface area contributed by atoms with Gasteiger partial charge >= 0.3 is 0 Å². The summed E-state index contributed by atoms with van der Waals surface area (Å²) in [6.45, 7) is 1.81. The number of nitrogens with two attached hydrogens (primary N) is 1. The summed E-state index contributed by atoms with van der Waals surface area (Å²) in [5.41, 5.74) is 5.66. The molecule has 0 unspecified atom stereocenters. The maximum Gasteiger partial charge on any atom is 0.251 e. The van der Waals surface area contributed by atoms with Gasteiger partial charge in [0.25, 0.3) is 5.91 Å². The Kier molecular flexibility index (Phi) is 5.02. The summed E-state index contributed by atoms with van der Waals surface area (Å²) in [6.07, 6.45) is 2.20. The van der Waals surface area contributed by atoms with Crippen LogP contribution >= 0.6 is 34.4 Å². The molecule has 1 aliphatic rings. The van der Waals surface area contributed by atoms with E-state index < -0.39 is 11.2 Å². The van der Waals surface area contributed by atoms with Crippen LogP contribution in [0.25, 0.3) is 10.7 Å². The Morgan fingerprint density at radius 1 is 1.30 bits per heavy atom. The zero-order valence-electron chi connectivity index (χ0n) is 14.4. The second kappa shape index (κ2) is 7.45. The first-order valence-corrected chi connectivity index (χ1v) is 11.0. The molecular formula is C17H17N5O2S3. The van der Waals surface area contributed by atoms with Gasteiger partial charge in [-0.2, -0.15) is 0 Å². The first-order valence-electron chi connectivity index (χ1n) is 8.38. The third kappa shape index (κ3) is 3.78. The van der Waals surface area contributed by atoms with Crippen molar-refractivity contribution < 1.29 is 9.59 Å². The molecule has 1 aliphatic carbocycles. The monoisotopic (exact) mass is 419 g/mol. The van der Waals surface area contributed by atoms with Crippen LogP contribution in [0.4, 0.5) is 5.00 Å². The second-order valence-electron chi connectivity index (χ2n) is 6.16. The fourth-order valence-electron chi connectivity index (χ4n) is 2.62. The lowest BCUT2D eigenvalue weighted by Gasteiger charge is -2.13. The first kappa shape index (κ1) is 18.2. The molecule has 1 saturated carbocycles. The Morgan fingerprint density at radius 3 is 2.78 bits per heavy atom. The van der Waals surface area contributed by atoms with Crippen LogP contribution in [-0.4, -0.2) is 31.8 Å². The Balaban J connectivity index is 1.51. The van der Waals surface area contributed by atoms with E-state index >= 15 is 0 Å². The molecule has 0 spiro atoms. The summed E-state index contributed by atoms with van der Waals surface area (Å²) in [4.78, 5) is 25.1. The lowest BCUT2D eigenvalue weighted by atomic mass is 10.3. The maximum atomic E-state index is 12.6. The van der Waals surface area contributed by atoms with E-state index in [1.54, 1.807) is 22.8 Å². The molecule has 1 fully saturated rings. The van der Waals surface area contributed by atoms with Crippen LogP contribution in [0.15, 0.2) is 34.1 Å². The first-order chi connectivity index (χ1) is 13.0. The number of nitrogens with zero attached hydrogens (tertiary/aromatic N) is 3. The van der Waals surface area contributed by atoms with Gasteiger partial charge in [0.15, 0.2) is 11.0 Å². The molecule has 3 heterocycles. The number of thiophene rings is 2. The molecule has 0 aliphatic heterocycles. The van der Waals surface area contributed by atoms with Gasteiger partial charge in [-0.05, 0) is 42.7 Å². The van der Waals surface area contributed by atoms with E-state index in [9.17, 15) is 9.59 Å². The van der Waals surface area contributed by atoms with Gasteiger partial charge in [0.1, 0.15) is 5.00 Å². The van der Waals surface area contributed by atoms with Gasteiger partial charge in [0, 0.05) is 6.04 Å². The zero-order chi connectivity index (χ0) is 19.0. The van der Waals surface area contributed by atoms with Crippen molar-refractivity contribution in [3.63, 3.8) is 0 Å². The number of carbonyl (C=O) groups excluding carboxylic acids is 2. The topological polar surface area (TPSA) is 103 Å². The minimum absolute atomic E-state index is 0.201. The van der Waals surface area contributed by atoms with Crippen LogP contribution in [0.5, 0.6) is 0 Å². The number of nitrogens with one attached hydrogen (secondary N) is 1. The fourth-order valence-corrected chi connectivity index (χ4v) is 5.04. The number of rotatable bonds is 7. The second-order valence-corrected chi connectivity index (χ2v) is 9.33. The summed E-state index contributed by atoms with van der Waals surface area (Å²) >= 11 is 4.27. The number of primary amides is 1. The predicted octanol–water partition coefficient (Wildman–Crippen LogP) is 3.62. The van der Waals surface area contributed by atoms with Crippen LogP contribution in [0, 0.1) is 0 Å². The highest BCUT2D eigenvalue weighted by molar-refractivity contribution is 8.00. The lowest BCUT2D eigenvalue weighted by molar-refractivity contribution is -0.115. The molecule has 0 aromatic carbocycles. The van der Waals surface area contributed by atoms with Gasteiger partial charge in [0.05, 0.1) is 15.7 Å². The van der Waals surface area contributed by atoms with E-state index in [1.165, 1.54) is 23.1 Å². The van der Waals surface area contributed by atoms with Crippen molar-refractivity contribution in [3.8, 4) is 10.7 Å². The van der Waals surface area contributed by atoms with Crippen molar-refractivity contribution in [2.75, 3.05) is 5.32 Å². The maximum absolute atomic E-state index is 12.6. The summed E-state index contributed by atoms with van der Waals surface area (Å²) < 4.78 is 2.14. The van der Waals surface area contributed by atoms with Crippen LogP contribution in [0.1, 0.15) is 36.2 Å². The number of carbonyl (C=O) groups is 2. The van der Waals surface area contributed by atoms with Gasteiger partial charge in [0.2, 0.25) is 5.91 Å². The molecule has 3 aromatic heterocycles. The molecule has 7 nitrogen and oxygen atoms in total. The van der Waals surface area contributed by atoms with Gasteiger partial charge in [-0.25, -0.2) is 0 Å². The van der Waals surface area contributed by atoms with Crippen LogP contribution in [0.3, 0.4) is 0 Å².